The minimum absolute atomic E-state index is 0.661. The van der Waals surface area contributed by atoms with E-state index in [1.54, 1.807) is 0 Å². The van der Waals surface area contributed by atoms with Crippen LogP contribution in [0.2, 0.25) is 0 Å². The Bertz CT molecular complexity index is 495. The molecule has 1 aromatic heterocycles. The van der Waals surface area contributed by atoms with Crippen molar-refractivity contribution in [3.05, 3.63) is 24.3 Å². The molecule has 4 heteroatoms. The summed E-state index contributed by atoms with van der Waals surface area (Å²) in [6.45, 7) is 3.03. The van der Waals surface area contributed by atoms with Gasteiger partial charge in [-0.2, -0.15) is 4.98 Å². The van der Waals surface area contributed by atoms with Crippen molar-refractivity contribution in [3.63, 3.8) is 0 Å². The highest BCUT2D eigenvalue weighted by atomic mass is 15.2. The molecule has 0 aliphatic heterocycles. The SMILES string of the molecule is CCN(C)c1nc(NC)nc2ccccc12. The van der Waals surface area contributed by atoms with E-state index in [1.807, 2.05) is 32.3 Å². The minimum Gasteiger partial charge on any atom is -0.359 e. The molecule has 0 atom stereocenters. The van der Waals surface area contributed by atoms with E-state index in [0.717, 1.165) is 23.3 Å². The van der Waals surface area contributed by atoms with Gasteiger partial charge in [-0.15, -0.1) is 0 Å². The molecule has 4 nitrogen and oxygen atoms in total. The summed E-state index contributed by atoms with van der Waals surface area (Å²) in [6.07, 6.45) is 0. The van der Waals surface area contributed by atoms with E-state index in [4.69, 9.17) is 0 Å². The van der Waals surface area contributed by atoms with Gasteiger partial charge < -0.3 is 10.2 Å². The summed E-state index contributed by atoms with van der Waals surface area (Å²) >= 11 is 0. The largest absolute Gasteiger partial charge is 0.359 e. The molecule has 0 spiro atoms. The first-order valence-corrected chi connectivity index (χ1v) is 5.42. The Morgan fingerprint density at radius 2 is 2.00 bits per heavy atom. The van der Waals surface area contributed by atoms with Gasteiger partial charge in [0, 0.05) is 26.0 Å². The Balaban J connectivity index is 2.68. The summed E-state index contributed by atoms with van der Waals surface area (Å²) in [5.74, 6) is 1.63. The second-order valence-electron chi connectivity index (χ2n) is 3.65. The molecule has 1 heterocycles. The molecule has 84 valence electrons. The van der Waals surface area contributed by atoms with Crippen molar-refractivity contribution in [1.82, 2.24) is 9.97 Å². The molecule has 0 fully saturated rings. The van der Waals surface area contributed by atoms with Crippen LogP contribution in [0, 0.1) is 0 Å². The Morgan fingerprint density at radius 3 is 2.69 bits per heavy atom. The van der Waals surface area contributed by atoms with E-state index in [-0.39, 0.29) is 0 Å². The van der Waals surface area contributed by atoms with Crippen LogP contribution in [0.1, 0.15) is 6.92 Å². The van der Waals surface area contributed by atoms with Crippen LogP contribution in [-0.2, 0) is 0 Å². The molecule has 2 rings (SSSR count). The second kappa shape index (κ2) is 4.35. The van der Waals surface area contributed by atoms with Crippen molar-refractivity contribution in [3.8, 4) is 0 Å². The third-order valence-corrected chi connectivity index (χ3v) is 2.64. The number of hydrogen-bond donors (Lipinski definition) is 1. The Morgan fingerprint density at radius 1 is 1.25 bits per heavy atom. The number of nitrogens with zero attached hydrogens (tertiary/aromatic N) is 3. The van der Waals surface area contributed by atoms with Crippen LogP contribution < -0.4 is 10.2 Å². The molecule has 1 N–H and O–H groups in total. The fourth-order valence-corrected chi connectivity index (χ4v) is 1.61. The minimum atomic E-state index is 0.661. The van der Waals surface area contributed by atoms with Gasteiger partial charge in [0.15, 0.2) is 0 Å². The fourth-order valence-electron chi connectivity index (χ4n) is 1.61. The number of nitrogens with one attached hydrogen (secondary N) is 1. The molecule has 16 heavy (non-hydrogen) atoms. The third-order valence-electron chi connectivity index (χ3n) is 2.64. The normalized spacial score (nSPS) is 10.4. The van der Waals surface area contributed by atoms with Crippen molar-refractivity contribution >= 4 is 22.7 Å². The number of anilines is 2. The standard InChI is InChI=1S/C12H16N4/c1-4-16(3)11-9-7-5-6-8-10(9)14-12(13-2)15-11/h5-8H,4H2,1-3H3,(H,13,14,15). The van der Waals surface area contributed by atoms with Gasteiger partial charge in [-0.3, -0.25) is 0 Å². The second-order valence-corrected chi connectivity index (χ2v) is 3.65. The highest BCUT2D eigenvalue weighted by Gasteiger charge is 2.09. The summed E-state index contributed by atoms with van der Waals surface area (Å²) in [6, 6.07) is 8.06. The lowest BCUT2D eigenvalue weighted by Gasteiger charge is -2.18. The zero-order chi connectivity index (χ0) is 11.5. The average Bonchev–Trinajstić information content (AvgIpc) is 2.36. The molecule has 0 aliphatic rings. The molecule has 0 radical (unpaired) electrons. The van der Waals surface area contributed by atoms with E-state index in [0.29, 0.717) is 5.95 Å². The van der Waals surface area contributed by atoms with Crippen LogP contribution in [0.25, 0.3) is 10.9 Å². The lowest BCUT2D eigenvalue weighted by Crippen LogP contribution is -2.18. The first kappa shape index (κ1) is 10.7. The topological polar surface area (TPSA) is 41.1 Å². The van der Waals surface area contributed by atoms with Gasteiger partial charge in [0.2, 0.25) is 5.95 Å². The summed E-state index contributed by atoms with van der Waals surface area (Å²) < 4.78 is 0. The maximum atomic E-state index is 4.49. The lowest BCUT2D eigenvalue weighted by atomic mass is 10.2. The van der Waals surface area contributed by atoms with Crippen LogP contribution >= 0.6 is 0 Å². The van der Waals surface area contributed by atoms with Crippen molar-refractivity contribution < 1.29 is 0 Å². The van der Waals surface area contributed by atoms with Crippen LogP contribution in [0.4, 0.5) is 11.8 Å². The molecule has 0 bridgehead atoms. The number of benzene rings is 1. The summed E-state index contributed by atoms with van der Waals surface area (Å²) in [5.41, 5.74) is 0.970. The third kappa shape index (κ3) is 1.78. The smallest absolute Gasteiger partial charge is 0.224 e. The van der Waals surface area contributed by atoms with Crippen molar-refractivity contribution in [2.24, 2.45) is 0 Å². The Labute approximate surface area is 95.3 Å². The van der Waals surface area contributed by atoms with Crippen molar-refractivity contribution in [2.45, 2.75) is 6.92 Å². The van der Waals surface area contributed by atoms with Crippen LogP contribution in [-0.4, -0.2) is 30.6 Å². The molecular weight excluding hydrogens is 200 g/mol. The van der Waals surface area contributed by atoms with E-state index in [9.17, 15) is 0 Å². The van der Waals surface area contributed by atoms with E-state index in [2.05, 4.69) is 33.2 Å². The zero-order valence-electron chi connectivity index (χ0n) is 9.86. The number of para-hydroxylation sites is 1. The van der Waals surface area contributed by atoms with Gasteiger partial charge in [0.1, 0.15) is 5.82 Å². The van der Waals surface area contributed by atoms with E-state index < -0.39 is 0 Å². The van der Waals surface area contributed by atoms with Crippen LogP contribution in [0.5, 0.6) is 0 Å². The van der Waals surface area contributed by atoms with Crippen molar-refractivity contribution in [1.29, 1.82) is 0 Å². The number of aromatic nitrogens is 2. The van der Waals surface area contributed by atoms with Gasteiger partial charge in [0.25, 0.3) is 0 Å². The number of fused-ring (bicyclic) bond motifs is 1. The van der Waals surface area contributed by atoms with Crippen molar-refractivity contribution in [2.75, 3.05) is 30.9 Å². The maximum Gasteiger partial charge on any atom is 0.224 e. The summed E-state index contributed by atoms with van der Waals surface area (Å²) in [5, 5.41) is 4.08. The molecule has 0 saturated carbocycles. The molecule has 2 aromatic rings. The quantitative estimate of drug-likeness (QED) is 0.853. The van der Waals surface area contributed by atoms with Crippen LogP contribution in [0.3, 0.4) is 0 Å². The van der Waals surface area contributed by atoms with E-state index >= 15 is 0 Å². The molecule has 0 unspecified atom stereocenters. The zero-order valence-corrected chi connectivity index (χ0v) is 9.86. The van der Waals surface area contributed by atoms with Gasteiger partial charge in [-0.1, -0.05) is 12.1 Å². The first-order valence-electron chi connectivity index (χ1n) is 5.42. The molecule has 0 amide bonds. The molecule has 1 aromatic carbocycles. The van der Waals surface area contributed by atoms with E-state index in [1.165, 1.54) is 0 Å². The van der Waals surface area contributed by atoms with Gasteiger partial charge in [-0.25, -0.2) is 4.98 Å². The molecule has 0 saturated heterocycles. The lowest BCUT2D eigenvalue weighted by molar-refractivity contribution is 0.941. The monoisotopic (exact) mass is 216 g/mol. The first-order chi connectivity index (χ1) is 7.76. The highest BCUT2D eigenvalue weighted by molar-refractivity contribution is 5.90. The predicted octanol–water partition coefficient (Wildman–Crippen LogP) is 2.13. The molecular formula is C12H16N4. The average molecular weight is 216 g/mol. The van der Waals surface area contributed by atoms with Gasteiger partial charge in [-0.05, 0) is 19.1 Å². The summed E-state index contributed by atoms with van der Waals surface area (Å²) in [7, 11) is 3.87. The summed E-state index contributed by atoms with van der Waals surface area (Å²) in [4.78, 5) is 11.0. The fraction of sp³-hybridized carbons (Fsp3) is 0.333. The maximum absolute atomic E-state index is 4.49. The highest BCUT2D eigenvalue weighted by Crippen LogP contribution is 2.23. The number of hydrogen-bond acceptors (Lipinski definition) is 4. The Kier molecular flexibility index (Phi) is 2.90. The van der Waals surface area contributed by atoms with Gasteiger partial charge in [0.05, 0.1) is 5.52 Å². The number of rotatable bonds is 3. The Hall–Kier alpha value is -1.84. The van der Waals surface area contributed by atoms with Crippen LogP contribution in [0.15, 0.2) is 24.3 Å². The predicted molar refractivity (Wildman–Crippen MR) is 68.0 cm³/mol. The molecule has 0 aliphatic carbocycles. The van der Waals surface area contributed by atoms with Gasteiger partial charge >= 0.3 is 0 Å².